The molecule has 0 saturated heterocycles. The predicted molar refractivity (Wildman–Crippen MR) is 140 cm³/mol. The van der Waals surface area contributed by atoms with Gasteiger partial charge in [-0.3, -0.25) is 14.8 Å². The maximum absolute atomic E-state index is 13.6. The van der Waals surface area contributed by atoms with E-state index in [1.807, 2.05) is 0 Å². The number of carbonyl (C=O) groups excluding carboxylic acids is 1. The quantitative estimate of drug-likeness (QED) is 0.353. The molecule has 39 heavy (non-hydrogen) atoms. The minimum absolute atomic E-state index is 0.0200. The molecule has 0 aliphatic rings. The van der Waals surface area contributed by atoms with E-state index in [9.17, 15) is 22.4 Å². The van der Waals surface area contributed by atoms with Crippen LogP contribution >= 0.6 is 0 Å². The van der Waals surface area contributed by atoms with Gasteiger partial charge in [0.15, 0.2) is 0 Å². The van der Waals surface area contributed by atoms with Crippen LogP contribution in [-0.4, -0.2) is 57.7 Å². The van der Waals surface area contributed by atoms with Crippen molar-refractivity contribution in [1.82, 2.24) is 14.9 Å². The van der Waals surface area contributed by atoms with Gasteiger partial charge in [0.05, 0.1) is 11.4 Å². The molecule has 0 atom stereocenters. The van der Waals surface area contributed by atoms with Crippen LogP contribution in [-0.2, 0) is 13.0 Å². The molecule has 0 bridgehead atoms. The van der Waals surface area contributed by atoms with Gasteiger partial charge in [0.1, 0.15) is 18.2 Å². The summed E-state index contributed by atoms with van der Waals surface area (Å²) in [5, 5.41) is 15.9. The SMILES string of the molecule is CN(Cc1ccc(F)cc1)C(=O)c1cccnc(-c2ccc(F)cc2)c(CCCC(F)(F)CO)ncc1.CO. The van der Waals surface area contributed by atoms with Crippen LogP contribution in [0.1, 0.15) is 34.5 Å². The van der Waals surface area contributed by atoms with Gasteiger partial charge in [-0.1, -0.05) is 12.1 Å². The molecule has 0 radical (unpaired) electrons. The first-order valence-corrected chi connectivity index (χ1v) is 12.1. The summed E-state index contributed by atoms with van der Waals surface area (Å²) in [5.41, 5.74) is 2.36. The van der Waals surface area contributed by atoms with Crippen molar-refractivity contribution in [2.24, 2.45) is 0 Å². The lowest BCUT2D eigenvalue weighted by molar-refractivity contribution is -0.0574. The maximum atomic E-state index is 13.6. The largest absolute Gasteiger partial charge is 0.400 e. The number of aromatic nitrogens is 2. The first kappa shape index (κ1) is 31.3. The van der Waals surface area contributed by atoms with Gasteiger partial charge in [0, 0.05) is 50.6 Å². The first-order chi connectivity index (χ1) is 18.7. The Labute approximate surface area is 224 Å². The lowest BCUT2D eigenvalue weighted by atomic mass is 10.0. The highest BCUT2D eigenvalue weighted by atomic mass is 19.3. The third kappa shape index (κ3) is 10.1. The molecule has 1 amide bonds. The Morgan fingerprint density at radius 1 is 0.897 bits per heavy atom. The minimum Gasteiger partial charge on any atom is -0.400 e. The van der Waals surface area contributed by atoms with E-state index >= 15 is 0 Å². The second kappa shape index (κ2) is 15.5. The molecular formula is C29H31F4N3O3. The Morgan fingerprint density at radius 2 is 1.51 bits per heavy atom. The molecule has 0 fully saturated rings. The third-order valence-corrected chi connectivity index (χ3v) is 5.56. The van der Waals surface area contributed by atoms with Gasteiger partial charge in [-0.25, -0.2) is 17.6 Å². The fraction of sp³-hybridized carbons (Fsp3) is 0.276. The zero-order valence-corrected chi connectivity index (χ0v) is 21.7. The molecule has 0 spiro atoms. The molecule has 3 aromatic rings. The summed E-state index contributed by atoms with van der Waals surface area (Å²) in [6.07, 6.45) is 2.43. The van der Waals surface area contributed by atoms with Crippen LogP contribution in [0.3, 0.4) is 0 Å². The monoisotopic (exact) mass is 545 g/mol. The highest BCUT2D eigenvalue weighted by molar-refractivity contribution is 5.93. The molecule has 0 saturated carbocycles. The van der Waals surface area contributed by atoms with Crippen LogP contribution in [0.2, 0.25) is 0 Å². The van der Waals surface area contributed by atoms with Gasteiger partial charge in [-0.2, -0.15) is 0 Å². The van der Waals surface area contributed by atoms with Crippen LogP contribution in [0.4, 0.5) is 17.6 Å². The van der Waals surface area contributed by atoms with Crippen LogP contribution in [0.15, 0.2) is 79.1 Å². The molecule has 208 valence electrons. The number of aryl methyl sites for hydroxylation is 1. The first-order valence-electron chi connectivity index (χ1n) is 12.1. The third-order valence-electron chi connectivity index (χ3n) is 5.56. The molecule has 3 rings (SSSR count). The molecule has 2 aromatic carbocycles. The molecular weight excluding hydrogens is 514 g/mol. The minimum atomic E-state index is -3.21. The van der Waals surface area contributed by atoms with Crippen LogP contribution < -0.4 is 0 Å². The number of aliphatic hydroxyl groups excluding tert-OH is 2. The van der Waals surface area contributed by atoms with Crippen molar-refractivity contribution in [2.45, 2.75) is 31.7 Å². The van der Waals surface area contributed by atoms with Crippen LogP contribution in [0.25, 0.3) is 11.3 Å². The van der Waals surface area contributed by atoms with Crippen molar-refractivity contribution in [1.29, 1.82) is 0 Å². The summed E-state index contributed by atoms with van der Waals surface area (Å²) < 4.78 is 53.8. The predicted octanol–water partition coefficient (Wildman–Crippen LogP) is 5.38. The summed E-state index contributed by atoms with van der Waals surface area (Å²) in [4.78, 5) is 23.3. The smallest absolute Gasteiger partial charge is 0.270 e. The average Bonchev–Trinajstić information content (AvgIpc) is 2.94. The van der Waals surface area contributed by atoms with E-state index < -0.39 is 24.8 Å². The van der Waals surface area contributed by atoms with Gasteiger partial charge >= 0.3 is 0 Å². The second-order valence-corrected chi connectivity index (χ2v) is 8.49. The number of rotatable bonds is 9. The van der Waals surface area contributed by atoms with Gasteiger partial charge in [0.2, 0.25) is 0 Å². The fourth-order valence-corrected chi connectivity index (χ4v) is 3.59. The molecule has 0 aliphatic heterocycles. The van der Waals surface area contributed by atoms with Crippen molar-refractivity contribution in [3.05, 3.63) is 108 Å². The fourth-order valence-electron chi connectivity index (χ4n) is 3.59. The van der Waals surface area contributed by atoms with E-state index in [0.717, 1.165) is 12.7 Å². The normalized spacial score (nSPS) is 10.7. The Balaban J connectivity index is 0.00000260. The van der Waals surface area contributed by atoms with Gasteiger partial charge in [-0.15, -0.1) is 0 Å². The Morgan fingerprint density at radius 3 is 2.13 bits per heavy atom. The maximum Gasteiger partial charge on any atom is 0.270 e. The topological polar surface area (TPSA) is 86.6 Å². The number of hydrogen-bond donors (Lipinski definition) is 2. The van der Waals surface area contributed by atoms with Crippen molar-refractivity contribution in [3.63, 3.8) is 0 Å². The van der Waals surface area contributed by atoms with Gasteiger partial charge < -0.3 is 15.1 Å². The molecule has 6 nitrogen and oxygen atoms in total. The van der Waals surface area contributed by atoms with E-state index in [2.05, 4.69) is 9.97 Å². The number of alkyl halides is 2. The summed E-state index contributed by atoms with van der Waals surface area (Å²) in [7, 11) is 2.61. The van der Waals surface area contributed by atoms with Gasteiger partial charge in [0.25, 0.3) is 11.8 Å². The molecule has 1 heterocycles. The van der Waals surface area contributed by atoms with E-state index in [1.165, 1.54) is 59.8 Å². The molecule has 10 heteroatoms. The number of hydrogen-bond acceptors (Lipinski definition) is 5. The zero-order chi connectivity index (χ0) is 28.8. The summed E-state index contributed by atoms with van der Waals surface area (Å²) in [5.74, 6) is -4.32. The summed E-state index contributed by atoms with van der Waals surface area (Å²) in [6, 6.07) is 16.0. The molecule has 0 unspecified atom stereocenters. The highest BCUT2D eigenvalue weighted by Crippen LogP contribution is 2.24. The standard InChI is InChI=1S/C28H27F4N3O2.CH4O/c1-35(18-20-6-10-23(29)11-7-20)27(37)22-4-3-16-34-26(21-8-12-24(30)13-9-21)25(33-17-14-22)5-2-15-28(31,32)19-36;1-2/h3-4,6-14,16-17,36H,2,5,15,18-19H2,1H3;2H,1H3. The van der Waals surface area contributed by atoms with E-state index in [4.69, 9.17) is 10.2 Å². The van der Waals surface area contributed by atoms with Crippen molar-refractivity contribution in [3.8, 4) is 11.3 Å². The number of nitrogens with zero attached hydrogens (tertiary/aromatic N) is 3. The Bertz CT molecular complexity index is 1260. The van der Waals surface area contributed by atoms with Crippen molar-refractivity contribution in [2.75, 3.05) is 20.8 Å². The zero-order valence-electron chi connectivity index (χ0n) is 21.7. The van der Waals surface area contributed by atoms with Crippen molar-refractivity contribution < 1.29 is 32.6 Å². The number of carbonyl (C=O) groups is 1. The molecule has 1 aromatic heterocycles. The molecule has 2 N–H and O–H groups in total. The van der Waals surface area contributed by atoms with Crippen molar-refractivity contribution >= 4 is 5.91 Å². The number of halogens is 4. The second-order valence-electron chi connectivity index (χ2n) is 8.49. The summed E-state index contributed by atoms with van der Waals surface area (Å²) in [6.45, 7) is -0.989. The number of benzene rings is 2. The lowest BCUT2D eigenvalue weighted by Gasteiger charge is -2.17. The Kier molecular flexibility index (Phi) is 12.5. The Hall–Kier alpha value is -3.89. The van der Waals surface area contributed by atoms with Crippen LogP contribution in [0, 0.1) is 11.6 Å². The van der Waals surface area contributed by atoms with E-state index in [0.29, 0.717) is 22.5 Å². The lowest BCUT2D eigenvalue weighted by Crippen LogP contribution is -2.26. The number of amides is 1. The highest BCUT2D eigenvalue weighted by Gasteiger charge is 2.27. The van der Waals surface area contributed by atoms with E-state index in [1.54, 1.807) is 31.3 Å². The summed E-state index contributed by atoms with van der Waals surface area (Å²) >= 11 is 0. The number of aliphatic hydroxyl groups is 2. The van der Waals surface area contributed by atoms with E-state index in [-0.39, 0.29) is 31.1 Å². The average molecular weight is 546 g/mol. The molecule has 0 aliphatic carbocycles. The van der Waals surface area contributed by atoms with Gasteiger partial charge in [-0.05, 0) is 73.0 Å². The van der Waals surface area contributed by atoms with Crippen LogP contribution in [0.5, 0.6) is 0 Å².